The molecular formula is C17H14F3NO3S. The summed E-state index contributed by atoms with van der Waals surface area (Å²) in [6, 6.07) is 10.9. The molecule has 0 aliphatic heterocycles. The molecule has 0 aromatic heterocycles. The van der Waals surface area contributed by atoms with Crippen LogP contribution in [-0.2, 0) is 9.53 Å². The van der Waals surface area contributed by atoms with Crippen LogP contribution in [0.4, 0.5) is 18.9 Å². The van der Waals surface area contributed by atoms with Gasteiger partial charge in [-0.25, -0.2) is 9.18 Å². The first-order chi connectivity index (χ1) is 11.9. The lowest BCUT2D eigenvalue weighted by molar-refractivity contribution is -0.123. The lowest BCUT2D eigenvalue weighted by Crippen LogP contribution is -2.30. The molecule has 0 aliphatic rings. The van der Waals surface area contributed by atoms with Gasteiger partial charge < -0.3 is 10.1 Å². The Hall–Kier alpha value is -2.48. The number of anilines is 1. The number of benzene rings is 2. The third-order valence-corrected chi connectivity index (χ3v) is 3.86. The molecule has 8 heteroatoms. The van der Waals surface area contributed by atoms with Gasteiger partial charge in [0, 0.05) is 10.6 Å². The van der Waals surface area contributed by atoms with Crippen molar-refractivity contribution in [2.75, 3.05) is 5.32 Å². The second-order valence-corrected chi connectivity index (χ2v) is 5.95. The van der Waals surface area contributed by atoms with E-state index in [2.05, 4.69) is 5.32 Å². The molecule has 1 atom stereocenters. The van der Waals surface area contributed by atoms with Crippen molar-refractivity contribution in [1.82, 2.24) is 0 Å². The van der Waals surface area contributed by atoms with Crippen LogP contribution in [0.5, 0.6) is 0 Å². The van der Waals surface area contributed by atoms with Crippen LogP contribution in [0.25, 0.3) is 0 Å². The van der Waals surface area contributed by atoms with E-state index in [0.717, 1.165) is 6.07 Å². The summed E-state index contributed by atoms with van der Waals surface area (Å²) in [5, 5.41) is 2.40. The van der Waals surface area contributed by atoms with E-state index in [-0.39, 0.29) is 27.9 Å². The fourth-order valence-corrected chi connectivity index (χ4v) is 2.55. The van der Waals surface area contributed by atoms with Crippen LogP contribution in [0.1, 0.15) is 17.3 Å². The molecule has 0 aliphatic carbocycles. The molecule has 1 amide bonds. The fraction of sp³-hybridized carbons (Fsp3) is 0.176. The van der Waals surface area contributed by atoms with Gasteiger partial charge in [-0.15, -0.1) is 0 Å². The molecule has 2 rings (SSSR count). The molecule has 2 aromatic carbocycles. The molecule has 4 nitrogen and oxygen atoms in total. The Morgan fingerprint density at radius 3 is 2.52 bits per heavy atom. The third-order valence-electron chi connectivity index (χ3n) is 3.07. The van der Waals surface area contributed by atoms with Crippen LogP contribution in [0, 0.1) is 5.82 Å². The molecular weight excluding hydrogens is 355 g/mol. The highest BCUT2D eigenvalue weighted by atomic mass is 32.2. The number of hydrogen-bond acceptors (Lipinski definition) is 4. The Labute approximate surface area is 146 Å². The zero-order chi connectivity index (χ0) is 18.4. The van der Waals surface area contributed by atoms with Gasteiger partial charge >= 0.3 is 5.97 Å². The minimum Gasteiger partial charge on any atom is -0.449 e. The number of ether oxygens (including phenoxy) is 1. The zero-order valence-electron chi connectivity index (χ0n) is 13.0. The number of nitrogens with one attached hydrogen (secondary N) is 1. The number of thioether (sulfide) groups is 1. The maximum absolute atomic E-state index is 13.1. The Bertz CT molecular complexity index is 770. The van der Waals surface area contributed by atoms with Crippen LogP contribution in [0.3, 0.4) is 0 Å². The van der Waals surface area contributed by atoms with Crippen molar-refractivity contribution in [2.45, 2.75) is 23.7 Å². The topological polar surface area (TPSA) is 55.4 Å². The summed E-state index contributed by atoms with van der Waals surface area (Å²) in [5.41, 5.74) is 0.153. The smallest absolute Gasteiger partial charge is 0.340 e. The first-order valence-electron chi connectivity index (χ1n) is 7.18. The number of rotatable bonds is 6. The van der Waals surface area contributed by atoms with E-state index in [4.69, 9.17) is 4.74 Å². The maximum atomic E-state index is 13.1. The molecule has 2 aromatic rings. The lowest BCUT2D eigenvalue weighted by atomic mass is 10.2. The summed E-state index contributed by atoms with van der Waals surface area (Å²) >= 11 is 0.217. The number of esters is 1. The number of hydrogen-bond donors (Lipinski definition) is 1. The summed E-state index contributed by atoms with van der Waals surface area (Å²) in [6.45, 7) is 1.33. The number of carbonyl (C=O) groups is 2. The number of carbonyl (C=O) groups excluding carboxylic acids is 2. The van der Waals surface area contributed by atoms with Gasteiger partial charge in [-0.1, -0.05) is 30.0 Å². The van der Waals surface area contributed by atoms with Crippen molar-refractivity contribution in [2.24, 2.45) is 0 Å². The number of alkyl halides is 2. The molecule has 25 heavy (non-hydrogen) atoms. The van der Waals surface area contributed by atoms with Gasteiger partial charge in [-0.05, 0) is 37.3 Å². The second kappa shape index (κ2) is 8.57. The Morgan fingerprint density at radius 2 is 1.84 bits per heavy atom. The molecule has 0 fully saturated rings. The van der Waals surface area contributed by atoms with Crippen LogP contribution in [0.15, 0.2) is 53.4 Å². The number of halogens is 3. The average molecular weight is 369 g/mol. The van der Waals surface area contributed by atoms with Gasteiger partial charge in [0.2, 0.25) is 0 Å². The van der Waals surface area contributed by atoms with Crippen molar-refractivity contribution in [1.29, 1.82) is 0 Å². The van der Waals surface area contributed by atoms with E-state index in [9.17, 15) is 22.8 Å². The normalized spacial score (nSPS) is 11.9. The fourth-order valence-electron chi connectivity index (χ4n) is 1.92. The second-order valence-electron chi connectivity index (χ2n) is 4.92. The zero-order valence-corrected chi connectivity index (χ0v) is 13.9. The third kappa shape index (κ3) is 5.53. The van der Waals surface area contributed by atoms with Crippen molar-refractivity contribution in [3.8, 4) is 0 Å². The first-order valence-corrected chi connectivity index (χ1v) is 8.06. The molecule has 0 heterocycles. The van der Waals surface area contributed by atoms with Gasteiger partial charge in [0.1, 0.15) is 5.82 Å². The molecule has 0 saturated carbocycles. The lowest BCUT2D eigenvalue weighted by Gasteiger charge is -2.15. The van der Waals surface area contributed by atoms with Crippen LogP contribution < -0.4 is 5.32 Å². The highest BCUT2D eigenvalue weighted by Gasteiger charge is 2.22. The van der Waals surface area contributed by atoms with E-state index >= 15 is 0 Å². The van der Waals surface area contributed by atoms with Gasteiger partial charge in [0.15, 0.2) is 6.10 Å². The monoisotopic (exact) mass is 369 g/mol. The first kappa shape index (κ1) is 18.9. The minimum atomic E-state index is -2.69. The Balaban J connectivity index is 2.03. The van der Waals surface area contributed by atoms with Crippen molar-refractivity contribution in [3.63, 3.8) is 0 Å². The molecule has 0 bridgehead atoms. The number of amides is 1. The van der Waals surface area contributed by atoms with Gasteiger partial charge in [0.05, 0.1) is 5.56 Å². The predicted molar refractivity (Wildman–Crippen MR) is 88.2 cm³/mol. The molecule has 132 valence electrons. The van der Waals surface area contributed by atoms with Crippen molar-refractivity contribution in [3.05, 3.63) is 59.9 Å². The standard InChI is InChI=1S/C17H14F3NO3S/c1-10(15(22)21-12-6-4-5-11(18)9-12)24-16(23)13-7-2-3-8-14(13)25-17(19)20/h2-10,17H,1H3,(H,21,22)/t10-/m1/s1. The Kier molecular flexibility index (Phi) is 6.46. The molecule has 0 radical (unpaired) electrons. The highest BCUT2D eigenvalue weighted by Crippen LogP contribution is 2.29. The largest absolute Gasteiger partial charge is 0.449 e. The van der Waals surface area contributed by atoms with E-state index < -0.39 is 29.6 Å². The summed E-state index contributed by atoms with van der Waals surface area (Å²) in [4.78, 5) is 24.2. The summed E-state index contributed by atoms with van der Waals surface area (Å²) in [7, 11) is 0. The highest BCUT2D eigenvalue weighted by molar-refractivity contribution is 7.99. The predicted octanol–water partition coefficient (Wildman–Crippen LogP) is 4.32. The minimum absolute atomic E-state index is 0.0558. The van der Waals surface area contributed by atoms with E-state index in [1.807, 2.05) is 0 Å². The van der Waals surface area contributed by atoms with Gasteiger partial charge in [0.25, 0.3) is 11.7 Å². The average Bonchev–Trinajstić information content (AvgIpc) is 2.54. The molecule has 0 spiro atoms. The van der Waals surface area contributed by atoms with Crippen molar-refractivity contribution >= 4 is 29.3 Å². The van der Waals surface area contributed by atoms with Gasteiger partial charge in [-0.3, -0.25) is 4.79 Å². The quantitative estimate of drug-likeness (QED) is 0.608. The van der Waals surface area contributed by atoms with E-state index in [1.165, 1.54) is 49.4 Å². The Morgan fingerprint density at radius 1 is 1.12 bits per heavy atom. The summed E-state index contributed by atoms with van der Waals surface area (Å²) in [6.07, 6.45) is -1.19. The molecule has 0 saturated heterocycles. The van der Waals surface area contributed by atoms with Crippen LogP contribution in [0.2, 0.25) is 0 Å². The van der Waals surface area contributed by atoms with E-state index in [0.29, 0.717) is 0 Å². The maximum Gasteiger partial charge on any atom is 0.340 e. The van der Waals surface area contributed by atoms with Crippen LogP contribution >= 0.6 is 11.8 Å². The summed E-state index contributed by atoms with van der Waals surface area (Å²) in [5.74, 6) is -4.79. The van der Waals surface area contributed by atoms with Gasteiger partial charge in [-0.2, -0.15) is 8.78 Å². The SMILES string of the molecule is C[C@@H](OC(=O)c1ccccc1SC(F)F)C(=O)Nc1cccc(F)c1. The molecule has 1 N–H and O–H groups in total. The summed E-state index contributed by atoms with van der Waals surface area (Å²) < 4.78 is 43.2. The molecule has 0 unspecified atom stereocenters. The van der Waals surface area contributed by atoms with E-state index in [1.54, 1.807) is 0 Å². The van der Waals surface area contributed by atoms with Crippen molar-refractivity contribution < 1.29 is 27.5 Å². The van der Waals surface area contributed by atoms with Crippen LogP contribution in [-0.4, -0.2) is 23.7 Å².